The number of carbonyl (C=O) groups excluding carboxylic acids is 2. The van der Waals surface area contributed by atoms with Crippen LogP contribution in [0.2, 0.25) is 0 Å². The summed E-state index contributed by atoms with van der Waals surface area (Å²) in [6, 6.07) is 12.4. The van der Waals surface area contributed by atoms with Crippen molar-refractivity contribution in [1.29, 1.82) is 0 Å². The summed E-state index contributed by atoms with van der Waals surface area (Å²) in [7, 11) is 0. The first-order chi connectivity index (χ1) is 16.5. The fraction of sp³-hybridized carbons (Fsp3) is 0.304. The number of halogens is 1. The molecule has 0 unspecified atom stereocenters. The van der Waals surface area contributed by atoms with Crippen LogP contribution in [0.25, 0.3) is 11.1 Å². The molecule has 2 N–H and O–H groups in total. The lowest BCUT2D eigenvalue weighted by atomic mass is 10.0. The zero-order valence-corrected chi connectivity index (χ0v) is 20.1. The van der Waals surface area contributed by atoms with E-state index >= 15 is 0 Å². The van der Waals surface area contributed by atoms with E-state index in [0.717, 1.165) is 34.3 Å². The van der Waals surface area contributed by atoms with E-state index in [1.807, 2.05) is 24.3 Å². The Balaban J connectivity index is 1.31. The number of benzene rings is 2. The maximum atomic E-state index is 14.9. The van der Waals surface area contributed by atoms with Gasteiger partial charge in [0, 0.05) is 31.3 Å². The van der Waals surface area contributed by atoms with Crippen LogP contribution in [0.1, 0.15) is 12.5 Å². The third-order valence-electron chi connectivity index (χ3n) is 5.16. The topological polar surface area (TPSA) is 96.5 Å². The Kier molecular flexibility index (Phi) is 8.09. The number of anilines is 1. The summed E-state index contributed by atoms with van der Waals surface area (Å²) in [5, 5.41) is 13.8. The number of carbonyl (C=O) groups is 2. The summed E-state index contributed by atoms with van der Waals surface area (Å²) >= 11 is 3.20. The van der Waals surface area contributed by atoms with Crippen LogP contribution in [0, 0.1) is 5.82 Å². The van der Waals surface area contributed by atoms with Gasteiger partial charge in [-0.15, -0.1) is 10.2 Å². The minimum Gasteiger partial charge on any atom is -0.442 e. The van der Waals surface area contributed by atoms with Gasteiger partial charge in [-0.25, -0.2) is 9.18 Å². The van der Waals surface area contributed by atoms with Gasteiger partial charge in [-0.1, -0.05) is 47.4 Å². The monoisotopic (exact) mass is 501 g/mol. The Bertz CT molecular complexity index is 1130. The first-order valence-corrected chi connectivity index (χ1v) is 12.6. The highest BCUT2D eigenvalue weighted by Crippen LogP contribution is 2.29. The summed E-state index contributed by atoms with van der Waals surface area (Å²) < 4.78 is 21.1. The van der Waals surface area contributed by atoms with Crippen LogP contribution >= 0.6 is 23.1 Å². The number of cyclic esters (lactones) is 1. The van der Waals surface area contributed by atoms with Gasteiger partial charge in [0.2, 0.25) is 5.91 Å². The molecule has 0 aliphatic carbocycles. The highest BCUT2D eigenvalue weighted by molar-refractivity contribution is 8.01. The van der Waals surface area contributed by atoms with Crippen molar-refractivity contribution in [3.8, 4) is 11.1 Å². The molecule has 0 spiro atoms. The Labute approximate surface area is 204 Å². The molecule has 34 heavy (non-hydrogen) atoms. The molecule has 11 heteroatoms. The molecule has 2 heterocycles. The second-order valence-corrected chi connectivity index (χ2v) is 9.82. The fourth-order valence-electron chi connectivity index (χ4n) is 3.47. The van der Waals surface area contributed by atoms with Gasteiger partial charge < -0.3 is 15.4 Å². The van der Waals surface area contributed by atoms with Gasteiger partial charge in [0.05, 0.1) is 18.8 Å². The van der Waals surface area contributed by atoms with Gasteiger partial charge in [0.1, 0.15) is 17.4 Å². The van der Waals surface area contributed by atoms with Crippen LogP contribution in [0.4, 0.5) is 14.9 Å². The second-order valence-electron chi connectivity index (χ2n) is 7.64. The van der Waals surface area contributed by atoms with Crippen molar-refractivity contribution in [2.75, 3.05) is 30.3 Å². The molecule has 3 aromatic rings. The zero-order chi connectivity index (χ0) is 23.9. The van der Waals surface area contributed by atoms with E-state index in [1.165, 1.54) is 29.2 Å². The van der Waals surface area contributed by atoms with Gasteiger partial charge in [-0.2, -0.15) is 0 Å². The molecule has 4 rings (SSSR count). The van der Waals surface area contributed by atoms with E-state index in [-0.39, 0.29) is 19.0 Å². The number of hydrogen-bond acceptors (Lipinski definition) is 8. The summed E-state index contributed by atoms with van der Waals surface area (Å²) in [5.41, 5.74) is 4.46. The van der Waals surface area contributed by atoms with Gasteiger partial charge in [-0.05, 0) is 29.3 Å². The molecule has 1 fully saturated rings. The molecule has 1 atom stereocenters. The molecule has 2 aromatic carbocycles. The molecule has 1 aliphatic heterocycles. The lowest BCUT2D eigenvalue weighted by molar-refractivity contribution is -0.119. The predicted octanol–water partition coefficient (Wildman–Crippen LogP) is 3.69. The molecule has 0 bridgehead atoms. The maximum Gasteiger partial charge on any atom is 0.414 e. The minimum atomic E-state index is -0.555. The van der Waals surface area contributed by atoms with Crippen molar-refractivity contribution in [1.82, 2.24) is 20.8 Å². The number of nitrogens with zero attached hydrogens (tertiary/aromatic N) is 3. The highest BCUT2D eigenvalue weighted by Gasteiger charge is 2.32. The van der Waals surface area contributed by atoms with Crippen LogP contribution in [-0.2, 0) is 16.1 Å². The van der Waals surface area contributed by atoms with Crippen LogP contribution in [0.15, 0.2) is 52.3 Å². The SMILES string of the molecule is CC(=O)NC[C@H]1CN(c2ccc(-c3ccc(CNCCSc4nncs4)cc3)c(F)c2)C(=O)O1. The van der Waals surface area contributed by atoms with E-state index in [0.29, 0.717) is 11.3 Å². The molecular weight excluding hydrogens is 477 g/mol. The van der Waals surface area contributed by atoms with Crippen molar-refractivity contribution >= 4 is 40.8 Å². The average Bonchev–Trinajstić information content (AvgIpc) is 3.47. The molecule has 8 nitrogen and oxygen atoms in total. The zero-order valence-electron chi connectivity index (χ0n) is 18.5. The Morgan fingerprint density at radius 3 is 2.82 bits per heavy atom. The number of ether oxygens (including phenoxy) is 1. The van der Waals surface area contributed by atoms with Crippen molar-refractivity contribution in [2.24, 2.45) is 0 Å². The summed E-state index contributed by atoms with van der Waals surface area (Å²) in [6.45, 7) is 3.43. The van der Waals surface area contributed by atoms with E-state index in [4.69, 9.17) is 4.74 Å². The Morgan fingerprint density at radius 2 is 2.12 bits per heavy atom. The predicted molar refractivity (Wildman–Crippen MR) is 130 cm³/mol. The van der Waals surface area contributed by atoms with Gasteiger partial charge in [-0.3, -0.25) is 9.69 Å². The van der Waals surface area contributed by atoms with Crippen LogP contribution in [0.5, 0.6) is 0 Å². The number of hydrogen-bond donors (Lipinski definition) is 2. The normalized spacial score (nSPS) is 15.4. The molecule has 1 saturated heterocycles. The number of aromatic nitrogens is 2. The van der Waals surface area contributed by atoms with E-state index in [2.05, 4.69) is 20.8 Å². The Hall–Kier alpha value is -3.02. The first kappa shape index (κ1) is 24.1. The summed E-state index contributed by atoms with van der Waals surface area (Å²) in [6.07, 6.45) is -1.02. The van der Waals surface area contributed by atoms with E-state index in [1.54, 1.807) is 29.4 Å². The number of nitrogens with one attached hydrogen (secondary N) is 2. The van der Waals surface area contributed by atoms with Crippen LogP contribution in [0.3, 0.4) is 0 Å². The summed E-state index contributed by atoms with van der Waals surface area (Å²) in [5.74, 6) is 0.286. The Morgan fingerprint density at radius 1 is 1.29 bits per heavy atom. The van der Waals surface area contributed by atoms with Crippen molar-refractivity contribution in [2.45, 2.75) is 23.9 Å². The van der Waals surface area contributed by atoms with Crippen LogP contribution < -0.4 is 15.5 Å². The fourth-order valence-corrected chi connectivity index (χ4v) is 4.93. The van der Waals surface area contributed by atoms with Crippen molar-refractivity contribution < 1.29 is 18.7 Å². The molecule has 2 amide bonds. The molecule has 1 aliphatic rings. The number of amides is 2. The van der Waals surface area contributed by atoms with Gasteiger partial charge in [0.25, 0.3) is 0 Å². The third-order valence-corrected chi connectivity index (χ3v) is 7.02. The molecular formula is C23H24FN5O3S2. The molecule has 178 valence electrons. The maximum absolute atomic E-state index is 14.9. The average molecular weight is 502 g/mol. The number of thioether (sulfide) groups is 1. The quantitative estimate of drug-likeness (QED) is 0.323. The van der Waals surface area contributed by atoms with E-state index < -0.39 is 18.0 Å². The lowest BCUT2D eigenvalue weighted by Crippen LogP contribution is -2.33. The van der Waals surface area contributed by atoms with Crippen molar-refractivity contribution in [3.63, 3.8) is 0 Å². The lowest BCUT2D eigenvalue weighted by Gasteiger charge is -2.15. The molecule has 0 saturated carbocycles. The molecule has 0 radical (unpaired) electrons. The van der Waals surface area contributed by atoms with Gasteiger partial charge in [0.15, 0.2) is 4.34 Å². The van der Waals surface area contributed by atoms with Crippen LogP contribution in [-0.4, -0.2) is 53.7 Å². The highest BCUT2D eigenvalue weighted by atomic mass is 32.2. The second kappa shape index (κ2) is 11.4. The van der Waals surface area contributed by atoms with Gasteiger partial charge >= 0.3 is 6.09 Å². The minimum absolute atomic E-state index is 0.199. The molecule has 1 aromatic heterocycles. The third kappa shape index (κ3) is 6.31. The largest absolute Gasteiger partial charge is 0.442 e. The summed E-state index contributed by atoms with van der Waals surface area (Å²) in [4.78, 5) is 24.6. The first-order valence-electron chi connectivity index (χ1n) is 10.7. The van der Waals surface area contributed by atoms with E-state index in [9.17, 15) is 14.0 Å². The standard InChI is InChI=1S/C23H24FN5O3S2/c1-15(30)26-12-19-13-29(23(31)32-19)18-6-7-20(21(24)10-18)17-4-2-16(3-5-17)11-25-8-9-33-22-28-27-14-34-22/h2-7,10,14,19,25H,8-9,11-13H2,1H3,(H,26,30)/t19-/m0/s1. The van der Waals surface area contributed by atoms with Crippen molar-refractivity contribution in [3.05, 3.63) is 59.4 Å². The smallest absolute Gasteiger partial charge is 0.414 e. The number of rotatable bonds is 10.